The Labute approximate surface area is 87.5 Å². The van der Waals surface area contributed by atoms with E-state index in [0.29, 0.717) is 6.54 Å². The average molecular weight is 209 g/mol. The van der Waals surface area contributed by atoms with Crippen LogP contribution in [0, 0.1) is 0 Å². The number of hydrogen-bond acceptors (Lipinski definition) is 3. The largest absolute Gasteiger partial charge is 0.326 e. The van der Waals surface area contributed by atoms with Gasteiger partial charge in [0, 0.05) is 23.4 Å². The number of hydrogen-bond donors (Lipinski definition) is 1. The van der Waals surface area contributed by atoms with Crippen molar-refractivity contribution < 1.29 is 0 Å². The zero-order chi connectivity index (χ0) is 10.1. The summed E-state index contributed by atoms with van der Waals surface area (Å²) in [6.07, 6.45) is 0.990. The van der Waals surface area contributed by atoms with Gasteiger partial charge in [0.25, 0.3) is 0 Å². The SMILES string of the molecule is CCc1nn(CC)c2sc(CN)cc12. The maximum absolute atomic E-state index is 5.64. The van der Waals surface area contributed by atoms with Gasteiger partial charge in [0.1, 0.15) is 4.83 Å². The predicted molar refractivity (Wildman–Crippen MR) is 60.6 cm³/mol. The molecule has 4 heteroatoms. The lowest BCUT2D eigenvalue weighted by molar-refractivity contribution is 0.673. The van der Waals surface area contributed by atoms with E-state index in [4.69, 9.17) is 5.73 Å². The Kier molecular flexibility index (Phi) is 2.56. The van der Waals surface area contributed by atoms with Gasteiger partial charge >= 0.3 is 0 Å². The summed E-state index contributed by atoms with van der Waals surface area (Å²) in [6, 6.07) is 2.18. The van der Waals surface area contributed by atoms with Crippen molar-refractivity contribution in [2.45, 2.75) is 33.4 Å². The van der Waals surface area contributed by atoms with Gasteiger partial charge in [-0.3, -0.25) is 4.68 Å². The Balaban J connectivity index is 2.65. The van der Waals surface area contributed by atoms with E-state index in [1.165, 1.54) is 20.8 Å². The van der Waals surface area contributed by atoms with Crippen molar-refractivity contribution in [2.24, 2.45) is 5.73 Å². The molecule has 0 aliphatic heterocycles. The molecule has 0 aliphatic rings. The highest BCUT2D eigenvalue weighted by atomic mass is 32.1. The van der Waals surface area contributed by atoms with Crippen LogP contribution in [0.3, 0.4) is 0 Å². The molecule has 76 valence electrons. The minimum absolute atomic E-state index is 0.631. The van der Waals surface area contributed by atoms with Crippen LogP contribution in [-0.4, -0.2) is 9.78 Å². The standard InChI is InChI=1S/C10H15N3S/c1-3-9-8-5-7(6-11)14-10(8)13(4-2)12-9/h5H,3-4,6,11H2,1-2H3. The highest BCUT2D eigenvalue weighted by Gasteiger charge is 2.11. The molecule has 0 aromatic carbocycles. The quantitative estimate of drug-likeness (QED) is 0.841. The van der Waals surface area contributed by atoms with Gasteiger partial charge < -0.3 is 5.73 Å². The number of aromatic nitrogens is 2. The van der Waals surface area contributed by atoms with Crippen molar-refractivity contribution in [1.82, 2.24) is 9.78 Å². The first-order valence-corrected chi connectivity index (χ1v) is 5.80. The summed E-state index contributed by atoms with van der Waals surface area (Å²) >= 11 is 1.76. The van der Waals surface area contributed by atoms with Crippen molar-refractivity contribution >= 4 is 21.6 Å². The first-order chi connectivity index (χ1) is 6.80. The Bertz CT molecular complexity index is 405. The van der Waals surface area contributed by atoms with Gasteiger partial charge in [0.2, 0.25) is 0 Å². The average Bonchev–Trinajstić information content (AvgIpc) is 2.74. The molecule has 14 heavy (non-hydrogen) atoms. The summed E-state index contributed by atoms with van der Waals surface area (Å²) in [6.45, 7) is 5.82. The maximum Gasteiger partial charge on any atom is 0.121 e. The smallest absolute Gasteiger partial charge is 0.121 e. The Morgan fingerprint density at radius 2 is 2.29 bits per heavy atom. The number of thiophene rings is 1. The Morgan fingerprint density at radius 1 is 1.50 bits per heavy atom. The second-order valence-corrected chi connectivity index (χ2v) is 4.37. The van der Waals surface area contributed by atoms with Crippen molar-refractivity contribution in [3.63, 3.8) is 0 Å². The molecule has 2 N–H and O–H groups in total. The fraction of sp³-hybridized carbons (Fsp3) is 0.500. The molecular formula is C10H15N3S. The van der Waals surface area contributed by atoms with Crippen molar-refractivity contribution in [3.05, 3.63) is 16.6 Å². The highest BCUT2D eigenvalue weighted by molar-refractivity contribution is 7.18. The number of aryl methyl sites for hydroxylation is 2. The number of rotatable bonds is 3. The zero-order valence-electron chi connectivity index (χ0n) is 8.58. The molecule has 0 radical (unpaired) electrons. The number of nitrogens with two attached hydrogens (primary N) is 1. The van der Waals surface area contributed by atoms with E-state index in [0.717, 1.165) is 13.0 Å². The molecule has 3 nitrogen and oxygen atoms in total. The van der Waals surface area contributed by atoms with Crippen LogP contribution >= 0.6 is 11.3 Å². The van der Waals surface area contributed by atoms with Gasteiger partial charge in [-0.1, -0.05) is 6.92 Å². The molecule has 2 heterocycles. The molecule has 2 rings (SSSR count). The lowest BCUT2D eigenvalue weighted by Gasteiger charge is -1.94. The lowest BCUT2D eigenvalue weighted by atomic mass is 10.2. The third-order valence-corrected chi connectivity index (χ3v) is 3.56. The zero-order valence-corrected chi connectivity index (χ0v) is 9.40. The Morgan fingerprint density at radius 3 is 2.86 bits per heavy atom. The molecule has 0 spiro atoms. The van der Waals surface area contributed by atoms with Gasteiger partial charge in [0.15, 0.2) is 0 Å². The van der Waals surface area contributed by atoms with Gasteiger partial charge in [0.05, 0.1) is 5.69 Å². The number of fused-ring (bicyclic) bond motifs is 1. The second kappa shape index (κ2) is 3.71. The van der Waals surface area contributed by atoms with Crippen molar-refractivity contribution in [1.29, 1.82) is 0 Å². The topological polar surface area (TPSA) is 43.8 Å². The van der Waals surface area contributed by atoms with Crippen LogP contribution in [0.5, 0.6) is 0 Å². The van der Waals surface area contributed by atoms with E-state index in [2.05, 4.69) is 29.7 Å². The summed E-state index contributed by atoms with van der Waals surface area (Å²) in [5.74, 6) is 0. The molecule has 0 fully saturated rings. The third-order valence-electron chi connectivity index (χ3n) is 2.39. The fourth-order valence-corrected chi connectivity index (χ4v) is 2.72. The summed E-state index contributed by atoms with van der Waals surface area (Å²) in [7, 11) is 0. The molecule has 0 saturated heterocycles. The number of nitrogens with zero attached hydrogens (tertiary/aromatic N) is 2. The van der Waals surface area contributed by atoms with Crippen LogP contribution in [0.1, 0.15) is 24.4 Å². The summed E-state index contributed by atoms with van der Waals surface area (Å²) in [4.78, 5) is 2.51. The van der Waals surface area contributed by atoms with Crippen LogP contribution in [0.2, 0.25) is 0 Å². The predicted octanol–water partition coefficient (Wildman–Crippen LogP) is 2.14. The van der Waals surface area contributed by atoms with E-state index in [1.54, 1.807) is 11.3 Å². The monoisotopic (exact) mass is 209 g/mol. The van der Waals surface area contributed by atoms with E-state index in [1.807, 2.05) is 0 Å². The molecular weight excluding hydrogens is 194 g/mol. The van der Waals surface area contributed by atoms with Gasteiger partial charge in [-0.2, -0.15) is 5.10 Å². The maximum atomic E-state index is 5.64. The van der Waals surface area contributed by atoms with E-state index < -0.39 is 0 Å². The second-order valence-electron chi connectivity index (χ2n) is 3.25. The van der Waals surface area contributed by atoms with E-state index in [9.17, 15) is 0 Å². The van der Waals surface area contributed by atoms with Crippen LogP contribution < -0.4 is 5.73 Å². The molecule has 0 aliphatic carbocycles. The van der Waals surface area contributed by atoms with E-state index in [-0.39, 0.29) is 0 Å². The highest BCUT2D eigenvalue weighted by Crippen LogP contribution is 2.28. The van der Waals surface area contributed by atoms with Crippen molar-refractivity contribution in [2.75, 3.05) is 0 Å². The first kappa shape index (κ1) is 9.68. The van der Waals surface area contributed by atoms with Gasteiger partial charge in [-0.15, -0.1) is 11.3 Å². The molecule has 0 unspecified atom stereocenters. The van der Waals surface area contributed by atoms with Crippen LogP contribution in [0.15, 0.2) is 6.07 Å². The van der Waals surface area contributed by atoms with Gasteiger partial charge in [-0.05, 0) is 19.4 Å². The van der Waals surface area contributed by atoms with E-state index >= 15 is 0 Å². The molecule has 0 saturated carbocycles. The molecule has 2 aromatic rings. The van der Waals surface area contributed by atoms with Crippen LogP contribution in [-0.2, 0) is 19.5 Å². The van der Waals surface area contributed by atoms with Crippen LogP contribution in [0.4, 0.5) is 0 Å². The molecule has 2 aromatic heterocycles. The molecule has 0 bridgehead atoms. The fourth-order valence-electron chi connectivity index (χ4n) is 1.65. The first-order valence-electron chi connectivity index (χ1n) is 4.98. The van der Waals surface area contributed by atoms with Crippen molar-refractivity contribution in [3.8, 4) is 0 Å². The van der Waals surface area contributed by atoms with Crippen LogP contribution in [0.25, 0.3) is 10.2 Å². The molecule has 0 amide bonds. The Hall–Kier alpha value is -0.870. The minimum Gasteiger partial charge on any atom is -0.326 e. The van der Waals surface area contributed by atoms with Gasteiger partial charge in [-0.25, -0.2) is 0 Å². The third kappa shape index (κ3) is 1.35. The summed E-state index contributed by atoms with van der Waals surface area (Å²) < 4.78 is 2.07. The lowest BCUT2D eigenvalue weighted by Crippen LogP contribution is -1.96. The summed E-state index contributed by atoms with van der Waals surface area (Å²) in [5.41, 5.74) is 6.83. The summed E-state index contributed by atoms with van der Waals surface area (Å²) in [5, 5.41) is 5.84. The normalized spacial score (nSPS) is 11.4. The molecule has 0 atom stereocenters. The minimum atomic E-state index is 0.631.